The second-order valence-electron chi connectivity index (χ2n) is 3.89. The minimum absolute atomic E-state index is 0.291. The van der Waals surface area contributed by atoms with Gasteiger partial charge in [-0.05, 0) is 32.9 Å². The summed E-state index contributed by atoms with van der Waals surface area (Å²) in [5, 5.41) is 22.3. The molecule has 9 nitrogen and oxygen atoms in total. The van der Waals surface area contributed by atoms with Crippen molar-refractivity contribution in [1.29, 1.82) is 0 Å². The standard InChI is InChI=1S/C10H5ClN8O/c11-5-3-1-2-4-6(5)12-7-9-14-17-18-19(9)10-8(13-7)15-20-16-10/h1-4H,(H,12,13,15). The summed E-state index contributed by atoms with van der Waals surface area (Å²) in [6.45, 7) is 0. The van der Waals surface area contributed by atoms with E-state index in [1.165, 1.54) is 4.52 Å². The van der Waals surface area contributed by atoms with Gasteiger partial charge in [0.25, 0.3) is 0 Å². The van der Waals surface area contributed by atoms with Crippen LogP contribution < -0.4 is 5.32 Å². The van der Waals surface area contributed by atoms with Crippen molar-refractivity contribution < 1.29 is 4.63 Å². The highest BCUT2D eigenvalue weighted by atomic mass is 35.5. The molecule has 4 rings (SSSR count). The number of hydrogen-bond donors (Lipinski definition) is 1. The Morgan fingerprint density at radius 1 is 1.15 bits per heavy atom. The van der Waals surface area contributed by atoms with E-state index in [1.807, 2.05) is 18.2 Å². The Morgan fingerprint density at radius 3 is 2.95 bits per heavy atom. The van der Waals surface area contributed by atoms with Crippen LogP contribution in [0.2, 0.25) is 5.02 Å². The largest absolute Gasteiger partial charge is 0.336 e. The van der Waals surface area contributed by atoms with Gasteiger partial charge in [0.15, 0.2) is 5.82 Å². The van der Waals surface area contributed by atoms with Crippen molar-refractivity contribution in [3.8, 4) is 0 Å². The molecule has 1 N–H and O–H groups in total. The third kappa shape index (κ3) is 1.57. The van der Waals surface area contributed by atoms with E-state index in [0.29, 0.717) is 33.5 Å². The maximum Gasteiger partial charge on any atom is 0.248 e. The molecule has 0 atom stereocenters. The van der Waals surface area contributed by atoms with Crippen LogP contribution in [0.15, 0.2) is 28.9 Å². The van der Waals surface area contributed by atoms with Gasteiger partial charge in [-0.25, -0.2) is 9.61 Å². The fourth-order valence-electron chi connectivity index (χ4n) is 1.79. The van der Waals surface area contributed by atoms with E-state index in [2.05, 4.69) is 40.8 Å². The molecule has 0 aliphatic heterocycles. The van der Waals surface area contributed by atoms with Gasteiger partial charge in [0, 0.05) is 0 Å². The molecule has 98 valence electrons. The number of halogens is 1. The molecule has 4 aromatic rings. The Labute approximate surface area is 115 Å². The molecule has 10 heteroatoms. The molecule has 0 radical (unpaired) electrons. The van der Waals surface area contributed by atoms with E-state index < -0.39 is 0 Å². The average molecular weight is 289 g/mol. The number of hydrogen-bond acceptors (Lipinski definition) is 8. The summed E-state index contributed by atoms with van der Waals surface area (Å²) < 4.78 is 6.03. The van der Waals surface area contributed by atoms with Gasteiger partial charge in [-0.2, -0.15) is 4.52 Å². The Balaban J connectivity index is 1.93. The first-order valence-electron chi connectivity index (χ1n) is 5.55. The normalized spacial score (nSPS) is 11.2. The van der Waals surface area contributed by atoms with Crippen molar-refractivity contribution in [2.24, 2.45) is 0 Å². The smallest absolute Gasteiger partial charge is 0.248 e. The molecule has 0 unspecified atom stereocenters. The number of anilines is 2. The van der Waals surface area contributed by atoms with Crippen LogP contribution in [-0.4, -0.2) is 35.3 Å². The molecule has 0 aliphatic carbocycles. The van der Waals surface area contributed by atoms with Gasteiger partial charge in [-0.3, -0.25) is 0 Å². The molecule has 0 saturated carbocycles. The highest BCUT2D eigenvalue weighted by Gasteiger charge is 2.16. The summed E-state index contributed by atoms with van der Waals surface area (Å²) in [6, 6.07) is 7.26. The Kier molecular flexibility index (Phi) is 2.27. The van der Waals surface area contributed by atoms with Crippen LogP contribution in [-0.2, 0) is 0 Å². The van der Waals surface area contributed by atoms with Gasteiger partial charge in [0.2, 0.25) is 16.9 Å². The van der Waals surface area contributed by atoms with Gasteiger partial charge < -0.3 is 5.32 Å². The lowest BCUT2D eigenvalue weighted by Crippen LogP contribution is -2.01. The zero-order chi connectivity index (χ0) is 13.5. The van der Waals surface area contributed by atoms with E-state index in [0.717, 1.165) is 0 Å². The van der Waals surface area contributed by atoms with Crippen LogP contribution in [0.1, 0.15) is 0 Å². The summed E-state index contributed by atoms with van der Waals surface area (Å²) in [5.74, 6) is 0.409. The second-order valence-corrected chi connectivity index (χ2v) is 4.30. The number of fused-ring (bicyclic) bond motifs is 3. The Morgan fingerprint density at radius 2 is 2.05 bits per heavy atom. The predicted molar refractivity (Wildman–Crippen MR) is 68.7 cm³/mol. The molecular weight excluding hydrogens is 284 g/mol. The van der Waals surface area contributed by atoms with Crippen molar-refractivity contribution in [3.63, 3.8) is 0 Å². The Hall–Kier alpha value is -2.81. The van der Waals surface area contributed by atoms with Crippen LogP contribution in [0.25, 0.3) is 16.9 Å². The number of nitrogens with one attached hydrogen (secondary N) is 1. The maximum atomic E-state index is 6.10. The molecule has 1 aromatic carbocycles. The molecule has 0 aliphatic rings. The summed E-state index contributed by atoms with van der Waals surface area (Å²) in [6.07, 6.45) is 0. The van der Waals surface area contributed by atoms with E-state index >= 15 is 0 Å². The van der Waals surface area contributed by atoms with Crippen LogP contribution in [0, 0.1) is 0 Å². The lowest BCUT2D eigenvalue weighted by Gasteiger charge is -2.06. The lowest BCUT2D eigenvalue weighted by molar-refractivity contribution is 0.313. The third-order valence-corrected chi connectivity index (χ3v) is 3.01. The van der Waals surface area contributed by atoms with Crippen molar-refractivity contribution in [2.45, 2.75) is 0 Å². The monoisotopic (exact) mass is 288 g/mol. The van der Waals surface area contributed by atoms with Crippen LogP contribution in [0.4, 0.5) is 11.5 Å². The molecule has 3 aromatic heterocycles. The van der Waals surface area contributed by atoms with Gasteiger partial charge in [-0.15, -0.1) is 5.10 Å². The quantitative estimate of drug-likeness (QED) is 0.590. The van der Waals surface area contributed by atoms with Crippen molar-refractivity contribution in [2.75, 3.05) is 5.32 Å². The number of para-hydroxylation sites is 1. The Bertz CT molecular complexity index is 916. The molecule has 0 saturated heterocycles. The molecule has 0 spiro atoms. The van der Waals surface area contributed by atoms with E-state index in [-0.39, 0.29) is 0 Å². The maximum absolute atomic E-state index is 6.10. The van der Waals surface area contributed by atoms with Crippen molar-refractivity contribution >= 4 is 40.0 Å². The van der Waals surface area contributed by atoms with Gasteiger partial charge in [0.05, 0.1) is 10.7 Å². The fraction of sp³-hybridized carbons (Fsp3) is 0. The number of benzene rings is 1. The molecule has 0 fully saturated rings. The SMILES string of the molecule is Clc1ccccc1Nc1nc2nonc2n2nnnc12. The summed E-state index contributed by atoms with van der Waals surface area (Å²) in [4.78, 5) is 4.27. The molecule has 0 bridgehead atoms. The first-order valence-corrected chi connectivity index (χ1v) is 5.92. The molecule has 3 heterocycles. The second kappa shape index (κ2) is 4.10. The molecular formula is C10H5ClN8O. The minimum Gasteiger partial charge on any atom is -0.336 e. The summed E-state index contributed by atoms with van der Waals surface area (Å²) >= 11 is 6.10. The minimum atomic E-state index is 0.291. The summed E-state index contributed by atoms with van der Waals surface area (Å²) in [7, 11) is 0. The first-order chi connectivity index (χ1) is 9.83. The van der Waals surface area contributed by atoms with Crippen LogP contribution in [0.5, 0.6) is 0 Å². The van der Waals surface area contributed by atoms with E-state index in [4.69, 9.17) is 11.6 Å². The fourth-order valence-corrected chi connectivity index (χ4v) is 1.97. The molecule has 0 amide bonds. The van der Waals surface area contributed by atoms with Crippen molar-refractivity contribution in [3.05, 3.63) is 29.3 Å². The van der Waals surface area contributed by atoms with E-state index in [9.17, 15) is 0 Å². The van der Waals surface area contributed by atoms with Crippen LogP contribution in [0.3, 0.4) is 0 Å². The first kappa shape index (κ1) is 11.1. The number of nitrogens with zero attached hydrogens (tertiary/aromatic N) is 7. The summed E-state index contributed by atoms with van der Waals surface area (Å²) in [5.41, 5.74) is 1.71. The zero-order valence-electron chi connectivity index (χ0n) is 9.73. The highest BCUT2D eigenvalue weighted by molar-refractivity contribution is 6.33. The number of rotatable bonds is 2. The number of tetrazole rings is 1. The highest BCUT2D eigenvalue weighted by Crippen LogP contribution is 2.26. The predicted octanol–water partition coefficient (Wildman–Crippen LogP) is 1.45. The topological polar surface area (TPSA) is 107 Å². The zero-order valence-corrected chi connectivity index (χ0v) is 10.5. The lowest BCUT2D eigenvalue weighted by atomic mass is 10.3. The molecule has 20 heavy (non-hydrogen) atoms. The van der Waals surface area contributed by atoms with Crippen LogP contribution >= 0.6 is 11.6 Å². The third-order valence-electron chi connectivity index (χ3n) is 2.68. The van der Waals surface area contributed by atoms with Crippen molar-refractivity contribution in [1.82, 2.24) is 35.3 Å². The van der Waals surface area contributed by atoms with Gasteiger partial charge in [0.1, 0.15) is 0 Å². The number of aromatic nitrogens is 7. The van der Waals surface area contributed by atoms with Gasteiger partial charge in [-0.1, -0.05) is 23.7 Å². The average Bonchev–Trinajstić information content (AvgIpc) is 3.08. The van der Waals surface area contributed by atoms with Gasteiger partial charge >= 0.3 is 0 Å². The van der Waals surface area contributed by atoms with E-state index in [1.54, 1.807) is 6.07 Å².